The van der Waals surface area contributed by atoms with E-state index in [0.29, 0.717) is 0 Å². The maximum Gasteiger partial charge on any atom is 0.417 e. The van der Waals surface area contributed by atoms with Crippen LogP contribution in [0.5, 0.6) is 0 Å². The normalized spacial score (nSPS) is 11.3. The second-order valence-corrected chi connectivity index (χ2v) is 3.11. The van der Waals surface area contributed by atoms with E-state index in [0.717, 1.165) is 5.56 Å². The molecule has 0 spiro atoms. The molecule has 4 heteroatoms. The largest absolute Gasteiger partial charge is 0.460 e. The molecule has 0 saturated carbocycles. The molecular weight excluding hydrogens is 192 g/mol. The summed E-state index contributed by atoms with van der Waals surface area (Å²) in [5.41, 5.74) is 9.65. The molecule has 0 fully saturated rings. The van der Waals surface area contributed by atoms with Gasteiger partial charge in [-0.25, -0.2) is 4.79 Å². The molecule has 78 valence electrons. The Bertz CT molecular complexity index is 394. The lowest BCUT2D eigenvalue weighted by molar-refractivity contribution is -0.138. The molecule has 1 aromatic rings. The zero-order valence-electron chi connectivity index (χ0n) is 8.68. The first kappa shape index (κ1) is 11.1. The third-order valence-corrected chi connectivity index (χ3v) is 2.21. The number of rotatable bonds is 3. The zero-order chi connectivity index (χ0) is 11.3. The van der Waals surface area contributed by atoms with E-state index in [1.165, 1.54) is 7.11 Å². The van der Waals surface area contributed by atoms with Gasteiger partial charge < -0.3 is 10.3 Å². The molecule has 1 rings (SSSR count). The van der Waals surface area contributed by atoms with E-state index in [9.17, 15) is 4.79 Å². The third kappa shape index (κ3) is 2.51. The van der Waals surface area contributed by atoms with Crippen molar-refractivity contribution in [2.24, 2.45) is 0 Å². The maximum atomic E-state index is 11.2. The molecule has 1 unspecified atom stereocenters. The van der Waals surface area contributed by atoms with Crippen molar-refractivity contribution in [1.82, 2.24) is 0 Å². The standard InChI is InChI=1S/C11H12N2O2/c1-8(9-6-4-3-5-7-9)10(13-12)11(14)15-2/h3-8H,1-2H3. The third-order valence-electron chi connectivity index (χ3n) is 2.21. The van der Waals surface area contributed by atoms with Crippen molar-refractivity contribution in [3.8, 4) is 0 Å². The summed E-state index contributed by atoms with van der Waals surface area (Å²) in [7, 11) is 1.26. The molecule has 1 atom stereocenters. The van der Waals surface area contributed by atoms with Gasteiger partial charge in [-0.3, -0.25) is 0 Å². The summed E-state index contributed by atoms with van der Waals surface area (Å²) in [5.74, 6) is -0.905. The molecule has 0 aliphatic carbocycles. The molecule has 1 aromatic carbocycles. The van der Waals surface area contributed by atoms with E-state index >= 15 is 0 Å². The van der Waals surface area contributed by atoms with E-state index in [1.54, 1.807) is 6.92 Å². The summed E-state index contributed by atoms with van der Waals surface area (Å²) in [4.78, 5) is 14.2. The topological polar surface area (TPSA) is 62.7 Å². The molecular formula is C11H12N2O2. The van der Waals surface area contributed by atoms with Crippen LogP contribution in [-0.2, 0) is 9.53 Å². The Morgan fingerprint density at radius 3 is 2.47 bits per heavy atom. The first-order chi connectivity index (χ1) is 7.20. The van der Waals surface area contributed by atoms with Crippen molar-refractivity contribution in [3.05, 3.63) is 41.4 Å². The fraction of sp³-hybridized carbons (Fsp3) is 0.273. The first-order valence-corrected chi connectivity index (χ1v) is 4.56. The number of carbonyl (C=O) groups is 1. The highest BCUT2D eigenvalue weighted by Gasteiger charge is 2.29. The highest BCUT2D eigenvalue weighted by atomic mass is 16.5. The Balaban J connectivity index is 2.98. The molecule has 0 amide bonds. The second-order valence-electron chi connectivity index (χ2n) is 3.11. The summed E-state index contributed by atoms with van der Waals surface area (Å²) in [6, 6.07) is 9.32. The highest BCUT2D eigenvalue weighted by Crippen LogP contribution is 2.15. The van der Waals surface area contributed by atoms with Crippen LogP contribution in [0.2, 0.25) is 0 Å². The van der Waals surface area contributed by atoms with Gasteiger partial charge in [0.2, 0.25) is 0 Å². The number of ether oxygens (including phenoxy) is 1. The average molecular weight is 204 g/mol. The van der Waals surface area contributed by atoms with Crippen LogP contribution in [0, 0.1) is 0 Å². The molecule has 0 N–H and O–H groups in total. The minimum absolute atomic E-state index is 0.00343. The monoisotopic (exact) mass is 204 g/mol. The quantitative estimate of drug-likeness (QED) is 0.325. The molecule has 0 heterocycles. The predicted octanol–water partition coefficient (Wildman–Crippen LogP) is 1.63. The van der Waals surface area contributed by atoms with Gasteiger partial charge in [-0.15, -0.1) is 0 Å². The smallest absolute Gasteiger partial charge is 0.417 e. The number of carbonyl (C=O) groups excluding carboxylic acids is 1. The van der Waals surface area contributed by atoms with E-state index in [4.69, 9.17) is 5.53 Å². The molecule has 4 nitrogen and oxygen atoms in total. The molecule has 0 aromatic heterocycles. The van der Waals surface area contributed by atoms with Gasteiger partial charge in [-0.05, 0) is 12.5 Å². The molecule has 15 heavy (non-hydrogen) atoms. The van der Waals surface area contributed by atoms with Gasteiger partial charge in [0.1, 0.15) is 0 Å². The fourth-order valence-electron chi connectivity index (χ4n) is 1.31. The van der Waals surface area contributed by atoms with Gasteiger partial charge in [0.15, 0.2) is 0 Å². The lowest BCUT2D eigenvalue weighted by Crippen LogP contribution is -2.23. The van der Waals surface area contributed by atoms with Crippen molar-refractivity contribution >= 4 is 11.7 Å². The molecule has 0 bridgehead atoms. The van der Waals surface area contributed by atoms with Gasteiger partial charge >= 0.3 is 11.7 Å². The lowest BCUT2D eigenvalue weighted by Gasteiger charge is -2.05. The van der Waals surface area contributed by atoms with Crippen LogP contribution in [-0.4, -0.2) is 23.6 Å². The van der Waals surface area contributed by atoms with E-state index < -0.39 is 5.97 Å². The molecule has 0 aliphatic rings. The predicted molar refractivity (Wildman–Crippen MR) is 55.5 cm³/mol. The summed E-state index contributed by atoms with van der Waals surface area (Å²) in [6.07, 6.45) is 0. The Labute approximate surface area is 88.1 Å². The minimum atomic E-state index is -0.617. The second kappa shape index (κ2) is 5.08. The lowest BCUT2D eigenvalue weighted by atomic mass is 9.96. The van der Waals surface area contributed by atoms with Crippen LogP contribution in [0.3, 0.4) is 0 Å². The van der Waals surface area contributed by atoms with Gasteiger partial charge in [-0.1, -0.05) is 30.3 Å². The number of hydrogen-bond acceptors (Lipinski definition) is 2. The first-order valence-electron chi connectivity index (χ1n) is 4.56. The van der Waals surface area contributed by atoms with E-state index in [1.807, 2.05) is 30.3 Å². The number of methoxy groups -OCH3 is 1. The summed E-state index contributed by atoms with van der Waals surface area (Å²) < 4.78 is 4.52. The van der Waals surface area contributed by atoms with E-state index in [-0.39, 0.29) is 11.6 Å². The van der Waals surface area contributed by atoms with Crippen LogP contribution in [0.25, 0.3) is 5.53 Å². The van der Waals surface area contributed by atoms with Gasteiger partial charge in [-0.2, -0.15) is 4.79 Å². The summed E-state index contributed by atoms with van der Waals surface area (Å²) in [6.45, 7) is 1.78. The Morgan fingerprint density at radius 1 is 1.40 bits per heavy atom. The minimum Gasteiger partial charge on any atom is -0.460 e. The van der Waals surface area contributed by atoms with Crippen molar-refractivity contribution < 1.29 is 14.3 Å². The van der Waals surface area contributed by atoms with Crippen molar-refractivity contribution in [1.29, 1.82) is 0 Å². The Morgan fingerprint density at radius 2 is 2.00 bits per heavy atom. The molecule has 0 saturated heterocycles. The van der Waals surface area contributed by atoms with Gasteiger partial charge in [0.25, 0.3) is 0 Å². The Hall–Kier alpha value is -1.93. The van der Waals surface area contributed by atoms with Crippen molar-refractivity contribution in [2.45, 2.75) is 12.8 Å². The summed E-state index contributed by atoms with van der Waals surface area (Å²) >= 11 is 0. The van der Waals surface area contributed by atoms with Crippen LogP contribution < -0.4 is 0 Å². The van der Waals surface area contributed by atoms with Crippen LogP contribution >= 0.6 is 0 Å². The molecule has 0 aliphatic heterocycles. The fourth-order valence-corrected chi connectivity index (χ4v) is 1.31. The van der Waals surface area contributed by atoms with Crippen molar-refractivity contribution in [2.75, 3.05) is 7.11 Å². The van der Waals surface area contributed by atoms with Crippen LogP contribution in [0.15, 0.2) is 30.3 Å². The van der Waals surface area contributed by atoms with E-state index in [2.05, 4.69) is 9.53 Å². The van der Waals surface area contributed by atoms with Gasteiger partial charge in [0, 0.05) is 0 Å². The maximum absolute atomic E-state index is 11.2. The van der Waals surface area contributed by atoms with Gasteiger partial charge in [0.05, 0.1) is 13.0 Å². The highest BCUT2D eigenvalue weighted by molar-refractivity contribution is 6.35. The average Bonchev–Trinajstić information content (AvgIpc) is 2.30. The number of esters is 1. The van der Waals surface area contributed by atoms with Crippen LogP contribution in [0.4, 0.5) is 0 Å². The number of benzene rings is 1. The van der Waals surface area contributed by atoms with Crippen LogP contribution in [0.1, 0.15) is 18.4 Å². The summed E-state index contributed by atoms with van der Waals surface area (Å²) in [5, 5.41) is 0. The zero-order valence-corrected chi connectivity index (χ0v) is 8.68. The molecule has 0 radical (unpaired) electrons. The number of nitrogens with zero attached hydrogens (tertiary/aromatic N) is 2. The Kier molecular flexibility index (Phi) is 3.77. The van der Waals surface area contributed by atoms with Crippen molar-refractivity contribution in [3.63, 3.8) is 0 Å². The number of hydrogen-bond donors (Lipinski definition) is 0. The SMILES string of the molecule is COC(=O)C(=[N+]=[N-])C(C)c1ccccc1.